The maximum absolute atomic E-state index is 12.6. The molecule has 1 amide bonds. The summed E-state index contributed by atoms with van der Waals surface area (Å²) in [4.78, 5) is 38.3. The first-order valence-corrected chi connectivity index (χ1v) is 11.9. The molecular formula is C24H31N3O5. The number of nitro benzene ring substituents is 1. The molecule has 0 unspecified atom stereocenters. The van der Waals surface area contributed by atoms with Crippen LogP contribution in [0.4, 0.5) is 11.4 Å². The maximum Gasteiger partial charge on any atom is 0.338 e. The van der Waals surface area contributed by atoms with Gasteiger partial charge in [0.15, 0.2) is 6.61 Å². The van der Waals surface area contributed by atoms with Gasteiger partial charge in [0.25, 0.3) is 11.6 Å². The summed E-state index contributed by atoms with van der Waals surface area (Å²) in [6.45, 7) is 1.19. The molecule has 32 heavy (non-hydrogen) atoms. The fraction of sp³-hybridized carbons (Fsp3) is 0.667. The summed E-state index contributed by atoms with van der Waals surface area (Å²) < 4.78 is 5.24. The van der Waals surface area contributed by atoms with Crippen LogP contribution >= 0.6 is 0 Å². The first kappa shape index (κ1) is 21.2. The first-order chi connectivity index (χ1) is 15.4. The standard InChI is InChI=1S/C24H31N3O5/c28-22(25-24-12-16-8-17(13-24)10-18(9-16)14-24)15-32-23(29)19-4-5-20(21(11-19)27(30)31)26-6-2-1-3-7-26/h4-5,11,16-18H,1-3,6-10,12-15H2,(H,25,28). The van der Waals surface area contributed by atoms with Gasteiger partial charge in [-0.25, -0.2) is 4.79 Å². The van der Waals surface area contributed by atoms with Crippen molar-refractivity contribution in [3.8, 4) is 0 Å². The second-order valence-electron chi connectivity index (χ2n) is 10.3. The van der Waals surface area contributed by atoms with Gasteiger partial charge in [0.1, 0.15) is 5.69 Å². The maximum atomic E-state index is 12.6. The topological polar surface area (TPSA) is 102 Å². The molecule has 5 fully saturated rings. The lowest BCUT2D eigenvalue weighted by Gasteiger charge is -2.56. The van der Waals surface area contributed by atoms with Gasteiger partial charge in [0.2, 0.25) is 0 Å². The molecule has 1 saturated heterocycles. The Morgan fingerprint density at radius 1 is 1.06 bits per heavy atom. The van der Waals surface area contributed by atoms with Crippen LogP contribution in [0, 0.1) is 27.9 Å². The minimum absolute atomic E-state index is 0.0973. The third kappa shape index (κ3) is 4.19. The number of nitro groups is 1. The van der Waals surface area contributed by atoms with E-state index < -0.39 is 10.9 Å². The minimum atomic E-state index is -0.709. The highest BCUT2D eigenvalue weighted by molar-refractivity contribution is 5.93. The van der Waals surface area contributed by atoms with Gasteiger partial charge in [-0.2, -0.15) is 0 Å². The highest BCUT2D eigenvalue weighted by Crippen LogP contribution is 2.55. The fourth-order valence-electron chi connectivity index (χ4n) is 7.01. The van der Waals surface area contributed by atoms with Gasteiger partial charge in [-0.3, -0.25) is 14.9 Å². The number of hydrogen-bond donors (Lipinski definition) is 1. The molecule has 6 rings (SSSR count). The van der Waals surface area contributed by atoms with Crippen LogP contribution in [0.25, 0.3) is 0 Å². The highest BCUT2D eigenvalue weighted by Gasteiger charge is 2.51. The van der Waals surface area contributed by atoms with E-state index >= 15 is 0 Å². The van der Waals surface area contributed by atoms with Crippen molar-refractivity contribution in [1.82, 2.24) is 5.32 Å². The zero-order valence-corrected chi connectivity index (χ0v) is 18.4. The Morgan fingerprint density at radius 3 is 2.28 bits per heavy atom. The summed E-state index contributed by atoms with van der Waals surface area (Å²) in [6.07, 6.45) is 10.1. The quantitative estimate of drug-likeness (QED) is 0.409. The van der Waals surface area contributed by atoms with Gasteiger partial charge in [0, 0.05) is 24.7 Å². The van der Waals surface area contributed by atoms with E-state index in [-0.39, 0.29) is 29.3 Å². The molecule has 1 aromatic carbocycles. The summed E-state index contributed by atoms with van der Waals surface area (Å²) >= 11 is 0. The van der Waals surface area contributed by atoms with Crippen LogP contribution in [-0.2, 0) is 9.53 Å². The second-order valence-corrected chi connectivity index (χ2v) is 10.3. The van der Waals surface area contributed by atoms with E-state index in [0.29, 0.717) is 23.4 Å². The molecule has 172 valence electrons. The van der Waals surface area contributed by atoms with Gasteiger partial charge < -0.3 is 15.0 Å². The molecule has 4 saturated carbocycles. The Balaban J connectivity index is 1.21. The van der Waals surface area contributed by atoms with Gasteiger partial charge in [-0.15, -0.1) is 0 Å². The Morgan fingerprint density at radius 2 is 1.69 bits per heavy atom. The third-order valence-electron chi connectivity index (χ3n) is 7.88. The van der Waals surface area contributed by atoms with Crippen molar-refractivity contribution in [2.24, 2.45) is 17.8 Å². The smallest absolute Gasteiger partial charge is 0.338 e. The van der Waals surface area contributed by atoms with Crippen LogP contribution < -0.4 is 10.2 Å². The van der Waals surface area contributed by atoms with Crippen molar-refractivity contribution in [3.63, 3.8) is 0 Å². The van der Waals surface area contributed by atoms with Crippen LogP contribution in [0.15, 0.2) is 18.2 Å². The molecule has 8 nitrogen and oxygen atoms in total. The first-order valence-electron chi connectivity index (χ1n) is 11.9. The molecule has 0 aromatic heterocycles. The average molecular weight is 442 g/mol. The molecule has 8 heteroatoms. The van der Waals surface area contributed by atoms with Crippen molar-refractivity contribution < 1.29 is 19.2 Å². The van der Waals surface area contributed by atoms with E-state index in [9.17, 15) is 19.7 Å². The fourth-order valence-corrected chi connectivity index (χ4v) is 7.01. The number of carbonyl (C=O) groups is 2. The summed E-state index contributed by atoms with van der Waals surface area (Å²) in [6, 6.07) is 4.44. The number of amides is 1. The number of benzene rings is 1. The monoisotopic (exact) mass is 441 g/mol. The molecule has 4 aliphatic carbocycles. The van der Waals surface area contributed by atoms with E-state index in [1.54, 1.807) is 12.1 Å². The predicted molar refractivity (Wildman–Crippen MR) is 118 cm³/mol. The van der Waals surface area contributed by atoms with Crippen molar-refractivity contribution >= 4 is 23.3 Å². The lowest BCUT2D eigenvalue weighted by molar-refractivity contribution is -0.384. The number of ether oxygens (including phenoxy) is 1. The Kier molecular flexibility index (Phi) is 5.55. The average Bonchev–Trinajstić information content (AvgIpc) is 2.76. The van der Waals surface area contributed by atoms with Gasteiger partial charge in [-0.1, -0.05) is 0 Å². The number of piperidine rings is 1. The SMILES string of the molecule is O=C(COC(=O)c1ccc(N2CCCCC2)c([N+](=O)[O-])c1)NC12CC3CC(CC(C3)C1)C2. The number of carbonyl (C=O) groups excluding carboxylic acids is 2. The number of anilines is 1. The van der Waals surface area contributed by atoms with Gasteiger partial charge in [0.05, 0.1) is 10.5 Å². The predicted octanol–water partition coefficient (Wildman–Crippen LogP) is 3.83. The third-order valence-corrected chi connectivity index (χ3v) is 7.88. The molecule has 0 spiro atoms. The lowest BCUT2D eigenvalue weighted by atomic mass is 9.53. The largest absolute Gasteiger partial charge is 0.452 e. The van der Waals surface area contributed by atoms with Crippen molar-refractivity contribution in [1.29, 1.82) is 0 Å². The van der Waals surface area contributed by atoms with Crippen molar-refractivity contribution in [3.05, 3.63) is 33.9 Å². The number of nitrogens with zero attached hydrogens (tertiary/aromatic N) is 2. The van der Waals surface area contributed by atoms with Crippen LogP contribution in [0.5, 0.6) is 0 Å². The Labute approximate surface area is 187 Å². The van der Waals surface area contributed by atoms with Crippen molar-refractivity contribution in [2.75, 3.05) is 24.6 Å². The van der Waals surface area contributed by atoms with Crippen LogP contribution in [0.1, 0.15) is 68.1 Å². The molecule has 5 aliphatic rings. The van der Waals surface area contributed by atoms with E-state index in [1.807, 2.05) is 4.90 Å². The second kappa shape index (κ2) is 8.37. The minimum Gasteiger partial charge on any atom is -0.452 e. The zero-order valence-electron chi connectivity index (χ0n) is 18.4. The van der Waals surface area contributed by atoms with E-state index in [2.05, 4.69) is 5.32 Å². The summed E-state index contributed by atoms with van der Waals surface area (Å²) in [5.41, 5.74) is 0.401. The molecule has 0 radical (unpaired) electrons. The van der Waals surface area contributed by atoms with Crippen LogP contribution in [-0.4, -0.2) is 42.0 Å². The van der Waals surface area contributed by atoms with Crippen LogP contribution in [0.2, 0.25) is 0 Å². The molecule has 4 bridgehead atoms. The van der Waals surface area contributed by atoms with Gasteiger partial charge in [-0.05, 0) is 87.7 Å². The number of nitrogens with one attached hydrogen (secondary N) is 1. The normalized spacial score (nSPS) is 30.8. The van der Waals surface area contributed by atoms with Crippen molar-refractivity contribution in [2.45, 2.75) is 63.3 Å². The summed E-state index contributed by atoms with van der Waals surface area (Å²) in [5.74, 6) is 1.15. The lowest BCUT2D eigenvalue weighted by Crippen LogP contribution is -2.60. The van der Waals surface area contributed by atoms with Crippen LogP contribution in [0.3, 0.4) is 0 Å². The highest BCUT2D eigenvalue weighted by atomic mass is 16.6. The molecular weight excluding hydrogens is 410 g/mol. The number of rotatable bonds is 6. The summed E-state index contributed by atoms with van der Waals surface area (Å²) in [7, 11) is 0. The van der Waals surface area contributed by atoms with E-state index in [4.69, 9.17) is 4.74 Å². The van der Waals surface area contributed by atoms with Gasteiger partial charge >= 0.3 is 5.97 Å². The molecule has 1 aromatic rings. The zero-order chi connectivity index (χ0) is 22.3. The molecule has 1 N–H and O–H groups in total. The summed E-state index contributed by atoms with van der Waals surface area (Å²) in [5, 5.41) is 14.8. The van der Waals surface area contributed by atoms with E-state index in [1.165, 1.54) is 25.3 Å². The van der Waals surface area contributed by atoms with E-state index in [0.717, 1.165) is 51.6 Å². The molecule has 0 atom stereocenters. The molecule has 1 aliphatic heterocycles. The number of hydrogen-bond acceptors (Lipinski definition) is 6. The molecule has 1 heterocycles. The number of esters is 1. The Hall–Kier alpha value is -2.64. The Bertz CT molecular complexity index is 889.